The molecule has 2 amide bonds. The van der Waals surface area contributed by atoms with Crippen LogP contribution in [-0.2, 0) is 14.1 Å². The van der Waals surface area contributed by atoms with Gasteiger partial charge in [-0.15, -0.1) is 0 Å². The molecule has 0 N–H and O–H groups in total. The lowest BCUT2D eigenvalue weighted by atomic mass is 9.97. The number of amides is 2. The van der Waals surface area contributed by atoms with Gasteiger partial charge in [0.2, 0.25) is 0 Å². The Hall–Kier alpha value is -2.31. The Morgan fingerprint density at radius 2 is 1.95 bits per heavy atom. The molecule has 1 aromatic heterocycles. The highest BCUT2D eigenvalue weighted by Crippen LogP contribution is 2.30. The summed E-state index contributed by atoms with van der Waals surface area (Å²) in [5.74, 6) is 0. The number of likely N-dealkylation sites (N-methyl/N-ethyl adjacent to an activating group) is 1. The smallest absolute Gasteiger partial charge is 0.318 e. The number of carbonyl (C=O) groups is 1. The normalized spacial score (nSPS) is 21.0. The Balaban J connectivity index is 2.14. The van der Waals surface area contributed by atoms with Gasteiger partial charge in [0.1, 0.15) is 0 Å². The first-order valence-corrected chi connectivity index (χ1v) is 6.98. The molecular formula is C14H18N4O3. The van der Waals surface area contributed by atoms with Gasteiger partial charge in [-0.25, -0.2) is 9.59 Å². The summed E-state index contributed by atoms with van der Waals surface area (Å²) in [6.45, 7) is 3.64. The average molecular weight is 290 g/mol. The SMILES string of the molecule is CCN1C(=O)N2CC=C(c3cn(C)c(=O)n(C)c3=O)C1C2. The first-order chi connectivity index (χ1) is 9.95. The molecule has 21 heavy (non-hydrogen) atoms. The number of carbonyl (C=O) groups excluding carboxylic acids is 1. The van der Waals surface area contributed by atoms with Crippen molar-refractivity contribution in [3.05, 3.63) is 38.7 Å². The molecule has 0 aliphatic carbocycles. The maximum absolute atomic E-state index is 12.4. The van der Waals surface area contributed by atoms with Crippen molar-refractivity contribution in [1.29, 1.82) is 0 Å². The molecule has 1 fully saturated rings. The molecule has 7 heteroatoms. The quantitative estimate of drug-likeness (QED) is 0.745. The van der Waals surface area contributed by atoms with Gasteiger partial charge in [0, 0.05) is 39.9 Å². The molecule has 1 unspecified atom stereocenters. The van der Waals surface area contributed by atoms with Gasteiger partial charge in [-0.2, -0.15) is 0 Å². The van der Waals surface area contributed by atoms with Gasteiger partial charge in [-0.1, -0.05) is 6.08 Å². The molecule has 1 atom stereocenters. The average Bonchev–Trinajstić information content (AvgIpc) is 2.73. The van der Waals surface area contributed by atoms with E-state index in [0.29, 0.717) is 25.2 Å². The molecule has 0 spiro atoms. The lowest BCUT2D eigenvalue weighted by molar-refractivity contribution is 0.196. The number of fused-ring (bicyclic) bond motifs is 2. The zero-order valence-corrected chi connectivity index (χ0v) is 12.4. The minimum atomic E-state index is -0.350. The lowest BCUT2D eigenvalue weighted by Crippen LogP contribution is -2.41. The summed E-state index contributed by atoms with van der Waals surface area (Å²) in [4.78, 5) is 39.9. The molecule has 3 heterocycles. The second kappa shape index (κ2) is 4.61. The number of aryl methyl sites for hydroxylation is 1. The van der Waals surface area contributed by atoms with Gasteiger partial charge in [0.05, 0.1) is 11.6 Å². The van der Waals surface area contributed by atoms with Gasteiger partial charge in [-0.3, -0.25) is 9.36 Å². The zero-order chi connectivity index (χ0) is 15.3. The highest BCUT2D eigenvalue weighted by Gasteiger charge is 2.41. The van der Waals surface area contributed by atoms with Crippen LogP contribution in [0.5, 0.6) is 0 Å². The fourth-order valence-corrected chi connectivity index (χ4v) is 3.12. The van der Waals surface area contributed by atoms with Crippen LogP contribution >= 0.6 is 0 Å². The highest BCUT2D eigenvalue weighted by atomic mass is 16.2. The fourth-order valence-electron chi connectivity index (χ4n) is 3.12. The van der Waals surface area contributed by atoms with Crippen LogP contribution in [0.2, 0.25) is 0 Å². The van der Waals surface area contributed by atoms with E-state index in [9.17, 15) is 14.4 Å². The maximum Gasteiger partial charge on any atom is 0.330 e. The monoisotopic (exact) mass is 290 g/mol. The van der Waals surface area contributed by atoms with E-state index >= 15 is 0 Å². The van der Waals surface area contributed by atoms with Crippen LogP contribution in [-0.4, -0.2) is 50.6 Å². The molecule has 7 nitrogen and oxygen atoms in total. The molecule has 1 aromatic rings. The van der Waals surface area contributed by atoms with Crippen LogP contribution in [0.4, 0.5) is 4.79 Å². The largest absolute Gasteiger partial charge is 0.330 e. The fraction of sp³-hybridized carbons (Fsp3) is 0.500. The van der Waals surface area contributed by atoms with Crippen molar-refractivity contribution < 1.29 is 4.79 Å². The summed E-state index contributed by atoms with van der Waals surface area (Å²) in [6, 6.07) is -0.100. The van der Waals surface area contributed by atoms with Gasteiger partial charge < -0.3 is 14.4 Å². The minimum absolute atomic E-state index is 0.00962. The van der Waals surface area contributed by atoms with E-state index in [0.717, 1.165) is 10.1 Å². The number of urea groups is 1. The van der Waals surface area contributed by atoms with Crippen molar-refractivity contribution >= 4 is 11.6 Å². The van der Waals surface area contributed by atoms with Crippen LogP contribution in [0, 0.1) is 0 Å². The number of hydrogen-bond acceptors (Lipinski definition) is 3. The molecule has 2 bridgehead atoms. The number of hydrogen-bond donors (Lipinski definition) is 0. The topological polar surface area (TPSA) is 67.6 Å². The Morgan fingerprint density at radius 3 is 2.62 bits per heavy atom. The Labute approximate surface area is 121 Å². The van der Waals surface area contributed by atoms with Gasteiger partial charge in [0.15, 0.2) is 0 Å². The Morgan fingerprint density at radius 1 is 1.24 bits per heavy atom. The summed E-state index contributed by atoms with van der Waals surface area (Å²) in [7, 11) is 3.10. The van der Waals surface area contributed by atoms with E-state index in [4.69, 9.17) is 0 Å². The summed E-state index contributed by atoms with van der Waals surface area (Å²) < 4.78 is 2.51. The van der Waals surface area contributed by atoms with Crippen molar-refractivity contribution in [2.24, 2.45) is 14.1 Å². The molecule has 112 valence electrons. The lowest BCUT2D eigenvalue weighted by Gasteiger charge is -2.25. The van der Waals surface area contributed by atoms with Gasteiger partial charge in [-0.05, 0) is 12.5 Å². The third-order valence-corrected chi connectivity index (χ3v) is 4.27. The first-order valence-electron chi connectivity index (χ1n) is 6.98. The molecule has 0 radical (unpaired) electrons. The number of rotatable bonds is 2. The molecule has 0 saturated carbocycles. The maximum atomic E-state index is 12.4. The molecule has 3 rings (SSSR count). The summed E-state index contributed by atoms with van der Waals surface area (Å²) in [5, 5.41) is 0. The first kappa shape index (κ1) is 13.7. The van der Waals surface area contributed by atoms with E-state index in [1.54, 1.807) is 23.0 Å². The summed E-state index contributed by atoms with van der Waals surface area (Å²) >= 11 is 0. The van der Waals surface area contributed by atoms with Crippen LogP contribution in [0.1, 0.15) is 12.5 Å². The van der Waals surface area contributed by atoms with Crippen LogP contribution in [0.3, 0.4) is 0 Å². The van der Waals surface area contributed by atoms with Crippen LogP contribution < -0.4 is 11.2 Å². The van der Waals surface area contributed by atoms with E-state index in [2.05, 4.69) is 0 Å². The standard InChI is InChI=1S/C14H18N4O3/c1-4-18-11-8-17(14(18)21)6-5-9(11)10-7-15(2)13(20)16(3)12(10)19/h5,7,11H,4,6,8H2,1-3H3. The molecule has 0 aromatic carbocycles. The summed E-state index contributed by atoms with van der Waals surface area (Å²) in [6.07, 6.45) is 3.49. The molecule has 2 aliphatic heterocycles. The summed E-state index contributed by atoms with van der Waals surface area (Å²) in [5.41, 5.74) is 0.678. The van der Waals surface area contributed by atoms with E-state index in [-0.39, 0.29) is 23.3 Å². The predicted octanol–water partition coefficient (Wildman–Crippen LogP) is -0.393. The van der Waals surface area contributed by atoms with Crippen molar-refractivity contribution in [2.75, 3.05) is 19.6 Å². The van der Waals surface area contributed by atoms with Crippen LogP contribution in [0.15, 0.2) is 21.9 Å². The molecule has 2 aliphatic rings. The van der Waals surface area contributed by atoms with E-state index in [1.807, 2.05) is 13.0 Å². The van der Waals surface area contributed by atoms with E-state index in [1.165, 1.54) is 11.6 Å². The van der Waals surface area contributed by atoms with Crippen molar-refractivity contribution in [1.82, 2.24) is 18.9 Å². The van der Waals surface area contributed by atoms with Crippen molar-refractivity contribution in [3.8, 4) is 0 Å². The van der Waals surface area contributed by atoms with E-state index < -0.39 is 0 Å². The van der Waals surface area contributed by atoms with Crippen molar-refractivity contribution in [2.45, 2.75) is 13.0 Å². The Kier molecular flexibility index (Phi) is 3.00. The van der Waals surface area contributed by atoms with Crippen molar-refractivity contribution in [3.63, 3.8) is 0 Å². The second-order valence-corrected chi connectivity index (χ2v) is 5.45. The Bertz CT molecular complexity index is 758. The highest BCUT2D eigenvalue weighted by molar-refractivity contribution is 5.85. The van der Waals surface area contributed by atoms with Gasteiger partial charge >= 0.3 is 11.7 Å². The third kappa shape index (κ3) is 1.84. The molecular weight excluding hydrogens is 272 g/mol. The number of aromatic nitrogens is 2. The second-order valence-electron chi connectivity index (χ2n) is 5.45. The molecule has 1 saturated heterocycles. The van der Waals surface area contributed by atoms with Crippen LogP contribution in [0.25, 0.3) is 5.57 Å². The third-order valence-electron chi connectivity index (χ3n) is 4.27. The minimum Gasteiger partial charge on any atom is -0.318 e. The van der Waals surface area contributed by atoms with Gasteiger partial charge in [0.25, 0.3) is 5.56 Å². The number of nitrogens with zero attached hydrogens (tertiary/aromatic N) is 4. The zero-order valence-electron chi connectivity index (χ0n) is 12.4. The predicted molar refractivity (Wildman–Crippen MR) is 78.0 cm³/mol.